The first-order valence-corrected chi connectivity index (χ1v) is 6.86. The van der Waals surface area contributed by atoms with E-state index in [-0.39, 0.29) is 18.1 Å². The maximum absolute atomic E-state index is 11.8. The zero-order chi connectivity index (χ0) is 13.4. The van der Waals surface area contributed by atoms with Crippen molar-refractivity contribution in [2.75, 3.05) is 32.9 Å². The van der Waals surface area contributed by atoms with Gasteiger partial charge >= 0.3 is 0 Å². The van der Waals surface area contributed by atoms with Gasteiger partial charge in [-0.3, -0.25) is 4.79 Å². The van der Waals surface area contributed by atoms with Crippen LogP contribution in [0.15, 0.2) is 0 Å². The lowest BCUT2D eigenvalue weighted by molar-refractivity contribution is -0.134. The molecule has 1 heterocycles. The first-order chi connectivity index (χ1) is 8.63. The second kappa shape index (κ2) is 8.45. The van der Waals surface area contributed by atoms with Crippen molar-refractivity contribution in [2.24, 2.45) is 5.73 Å². The first-order valence-electron chi connectivity index (χ1n) is 6.86. The van der Waals surface area contributed by atoms with Crippen molar-refractivity contribution in [2.45, 2.75) is 45.3 Å². The quantitative estimate of drug-likeness (QED) is 0.685. The number of carbonyl (C=O) groups is 1. The Labute approximate surface area is 110 Å². The minimum Gasteiger partial charge on any atom is -0.379 e. The minimum absolute atomic E-state index is 0.0577. The molecule has 106 valence electrons. The summed E-state index contributed by atoms with van der Waals surface area (Å²) < 4.78 is 10.9. The number of nitrogens with zero attached hydrogens (tertiary/aromatic N) is 1. The Bertz CT molecular complexity index is 238. The Hall–Kier alpha value is -0.650. The molecule has 1 aliphatic rings. The lowest BCUT2D eigenvalue weighted by Crippen LogP contribution is -2.42. The van der Waals surface area contributed by atoms with Gasteiger partial charge in [0.05, 0.1) is 19.3 Å². The standard InChI is InChI=1S/C13H26N2O3/c1-3-17-8-9-18-12-4-6-15(7-5-12)13(16)10-11(2)14/h11-12H,3-10,14H2,1-2H3. The molecule has 1 atom stereocenters. The summed E-state index contributed by atoms with van der Waals surface area (Å²) in [6.45, 7) is 7.43. The van der Waals surface area contributed by atoms with Crippen LogP contribution in [0.3, 0.4) is 0 Å². The van der Waals surface area contributed by atoms with E-state index in [0.29, 0.717) is 19.6 Å². The van der Waals surface area contributed by atoms with Gasteiger partial charge < -0.3 is 20.1 Å². The summed E-state index contributed by atoms with van der Waals surface area (Å²) in [6, 6.07) is -0.0577. The highest BCUT2D eigenvalue weighted by Crippen LogP contribution is 2.14. The van der Waals surface area contributed by atoms with Gasteiger partial charge in [-0.15, -0.1) is 0 Å². The second-order valence-corrected chi connectivity index (χ2v) is 4.83. The normalized spacial score (nSPS) is 18.9. The number of piperidine rings is 1. The molecule has 0 aliphatic carbocycles. The third-order valence-corrected chi connectivity index (χ3v) is 3.08. The molecule has 1 amide bonds. The van der Waals surface area contributed by atoms with Crippen molar-refractivity contribution in [3.8, 4) is 0 Å². The van der Waals surface area contributed by atoms with Gasteiger partial charge in [-0.25, -0.2) is 0 Å². The predicted octanol–water partition coefficient (Wildman–Crippen LogP) is 0.768. The van der Waals surface area contributed by atoms with Crippen LogP contribution in [0.1, 0.15) is 33.1 Å². The predicted molar refractivity (Wildman–Crippen MR) is 70.3 cm³/mol. The van der Waals surface area contributed by atoms with Crippen LogP contribution < -0.4 is 5.73 Å². The van der Waals surface area contributed by atoms with Crippen molar-refractivity contribution < 1.29 is 14.3 Å². The Morgan fingerprint density at radius 1 is 1.39 bits per heavy atom. The highest BCUT2D eigenvalue weighted by Gasteiger charge is 2.23. The van der Waals surface area contributed by atoms with Crippen molar-refractivity contribution >= 4 is 5.91 Å². The highest BCUT2D eigenvalue weighted by molar-refractivity contribution is 5.76. The first kappa shape index (κ1) is 15.4. The molecular weight excluding hydrogens is 232 g/mol. The molecule has 5 nitrogen and oxygen atoms in total. The van der Waals surface area contributed by atoms with Crippen LogP contribution in [0.2, 0.25) is 0 Å². The van der Waals surface area contributed by atoms with Crippen molar-refractivity contribution in [3.63, 3.8) is 0 Å². The molecule has 0 spiro atoms. The summed E-state index contributed by atoms with van der Waals surface area (Å²) in [5.74, 6) is 0.165. The summed E-state index contributed by atoms with van der Waals surface area (Å²) in [6.07, 6.45) is 2.54. The van der Waals surface area contributed by atoms with Gasteiger partial charge in [0.1, 0.15) is 0 Å². The molecule has 0 bridgehead atoms. The van der Waals surface area contributed by atoms with E-state index < -0.39 is 0 Å². The fourth-order valence-corrected chi connectivity index (χ4v) is 2.09. The molecule has 0 saturated carbocycles. The van der Waals surface area contributed by atoms with Crippen LogP contribution in [-0.2, 0) is 14.3 Å². The third kappa shape index (κ3) is 5.80. The van der Waals surface area contributed by atoms with E-state index in [0.717, 1.165) is 32.5 Å². The van der Waals surface area contributed by atoms with Gasteiger partial charge in [0.2, 0.25) is 5.91 Å². The molecule has 0 aromatic carbocycles. The minimum atomic E-state index is -0.0577. The van der Waals surface area contributed by atoms with Gasteiger partial charge in [-0.2, -0.15) is 0 Å². The zero-order valence-electron chi connectivity index (χ0n) is 11.6. The average molecular weight is 258 g/mol. The maximum atomic E-state index is 11.8. The molecule has 0 radical (unpaired) electrons. The monoisotopic (exact) mass is 258 g/mol. The van der Waals surface area contributed by atoms with E-state index in [2.05, 4.69) is 0 Å². The zero-order valence-corrected chi connectivity index (χ0v) is 11.6. The molecular formula is C13H26N2O3. The highest BCUT2D eigenvalue weighted by atomic mass is 16.5. The molecule has 1 saturated heterocycles. The van der Waals surface area contributed by atoms with Crippen LogP contribution in [0.25, 0.3) is 0 Å². The lowest BCUT2D eigenvalue weighted by atomic mass is 10.1. The average Bonchev–Trinajstić information content (AvgIpc) is 2.34. The van der Waals surface area contributed by atoms with E-state index >= 15 is 0 Å². The van der Waals surface area contributed by atoms with E-state index in [9.17, 15) is 4.79 Å². The number of hydrogen-bond acceptors (Lipinski definition) is 4. The maximum Gasteiger partial charge on any atom is 0.224 e. The molecule has 18 heavy (non-hydrogen) atoms. The van der Waals surface area contributed by atoms with Crippen molar-refractivity contribution in [3.05, 3.63) is 0 Å². The number of hydrogen-bond donors (Lipinski definition) is 1. The smallest absolute Gasteiger partial charge is 0.224 e. The summed E-state index contributed by atoms with van der Waals surface area (Å²) in [5.41, 5.74) is 5.64. The topological polar surface area (TPSA) is 64.8 Å². The van der Waals surface area contributed by atoms with Gasteiger partial charge in [0, 0.05) is 32.2 Å². The Morgan fingerprint density at radius 3 is 2.61 bits per heavy atom. The van der Waals surface area contributed by atoms with E-state index in [1.54, 1.807) is 0 Å². The van der Waals surface area contributed by atoms with Gasteiger partial charge in [-0.05, 0) is 26.7 Å². The van der Waals surface area contributed by atoms with Crippen LogP contribution in [0.4, 0.5) is 0 Å². The number of rotatable bonds is 7. The molecule has 1 unspecified atom stereocenters. The number of likely N-dealkylation sites (tertiary alicyclic amines) is 1. The van der Waals surface area contributed by atoms with E-state index in [1.807, 2.05) is 18.7 Å². The number of ether oxygens (including phenoxy) is 2. The molecule has 5 heteroatoms. The Balaban J connectivity index is 2.14. The second-order valence-electron chi connectivity index (χ2n) is 4.83. The molecule has 1 fully saturated rings. The molecule has 0 aromatic rings. The molecule has 2 N–H and O–H groups in total. The summed E-state index contributed by atoms with van der Waals surface area (Å²) in [5, 5.41) is 0. The fraction of sp³-hybridized carbons (Fsp3) is 0.923. The van der Waals surface area contributed by atoms with E-state index in [4.69, 9.17) is 15.2 Å². The SMILES string of the molecule is CCOCCOC1CCN(C(=O)CC(C)N)CC1. The number of nitrogens with two attached hydrogens (primary N) is 1. The molecule has 1 rings (SSSR count). The Morgan fingerprint density at radius 2 is 2.06 bits per heavy atom. The summed E-state index contributed by atoms with van der Waals surface area (Å²) in [7, 11) is 0. The van der Waals surface area contributed by atoms with Crippen LogP contribution >= 0.6 is 0 Å². The molecule has 1 aliphatic heterocycles. The van der Waals surface area contributed by atoms with Crippen LogP contribution in [-0.4, -0.2) is 55.9 Å². The van der Waals surface area contributed by atoms with Crippen LogP contribution in [0.5, 0.6) is 0 Å². The summed E-state index contributed by atoms with van der Waals surface area (Å²) in [4.78, 5) is 13.7. The summed E-state index contributed by atoms with van der Waals surface area (Å²) >= 11 is 0. The molecule has 0 aromatic heterocycles. The van der Waals surface area contributed by atoms with Crippen molar-refractivity contribution in [1.29, 1.82) is 0 Å². The van der Waals surface area contributed by atoms with Gasteiger partial charge in [0.25, 0.3) is 0 Å². The lowest BCUT2D eigenvalue weighted by Gasteiger charge is -2.32. The van der Waals surface area contributed by atoms with Gasteiger partial charge in [-0.1, -0.05) is 0 Å². The number of carbonyl (C=O) groups excluding carboxylic acids is 1. The van der Waals surface area contributed by atoms with E-state index in [1.165, 1.54) is 0 Å². The Kier molecular flexibility index (Phi) is 7.23. The third-order valence-electron chi connectivity index (χ3n) is 3.08. The van der Waals surface area contributed by atoms with Crippen LogP contribution in [0, 0.1) is 0 Å². The van der Waals surface area contributed by atoms with Crippen molar-refractivity contribution in [1.82, 2.24) is 4.90 Å². The fourth-order valence-electron chi connectivity index (χ4n) is 2.09. The largest absolute Gasteiger partial charge is 0.379 e. The van der Waals surface area contributed by atoms with Gasteiger partial charge in [0.15, 0.2) is 0 Å². The number of amides is 1.